The van der Waals surface area contributed by atoms with E-state index in [-0.39, 0.29) is 38.2 Å². The first kappa shape index (κ1) is 30.1. The van der Waals surface area contributed by atoms with Crippen LogP contribution in [0.3, 0.4) is 0 Å². The number of carbonyl (C=O) groups excluding carboxylic acids is 3. The van der Waals surface area contributed by atoms with Crippen LogP contribution in [-0.2, 0) is 25.0 Å². The number of carbonyl (C=O) groups is 3. The molecule has 1 N–H and O–H groups in total. The standard InChI is InChI=1S/C30H31ClN2O7S/c1-7-40-20-11-15-25-23(17-20)30(5,22-16-19(27(35)39-6)10-14-24(22)31)28(36)33(25)41(37,38)21-12-8-18(9-13-21)26(34)32-29(2,3)4/h8-17H,7H2,1-6H3,(H,32,34). The number of rotatable bonds is 7. The first-order valence-electron chi connectivity index (χ1n) is 12.8. The van der Waals surface area contributed by atoms with Gasteiger partial charge in [-0.2, -0.15) is 0 Å². The maximum atomic E-state index is 14.3. The van der Waals surface area contributed by atoms with Crippen LogP contribution >= 0.6 is 11.6 Å². The highest BCUT2D eigenvalue weighted by atomic mass is 35.5. The van der Waals surface area contributed by atoms with Gasteiger partial charge in [-0.3, -0.25) is 9.59 Å². The largest absolute Gasteiger partial charge is 0.494 e. The van der Waals surface area contributed by atoms with E-state index < -0.39 is 32.9 Å². The summed E-state index contributed by atoms with van der Waals surface area (Å²) in [6, 6.07) is 14.4. The van der Waals surface area contributed by atoms with Crippen LogP contribution in [0.4, 0.5) is 5.69 Å². The van der Waals surface area contributed by atoms with Gasteiger partial charge in [0.2, 0.25) is 0 Å². The lowest BCUT2D eigenvalue weighted by molar-refractivity contribution is -0.120. The minimum absolute atomic E-state index is 0.120. The normalized spacial score (nSPS) is 16.8. The Morgan fingerprint density at radius 1 is 0.976 bits per heavy atom. The molecule has 1 unspecified atom stereocenters. The monoisotopic (exact) mass is 598 g/mol. The Kier molecular flexibility index (Phi) is 7.95. The van der Waals surface area contributed by atoms with Crippen LogP contribution in [0, 0.1) is 0 Å². The summed E-state index contributed by atoms with van der Waals surface area (Å²) < 4.78 is 39.3. The Morgan fingerprint density at radius 2 is 1.61 bits per heavy atom. The zero-order chi connectivity index (χ0) is 30.3. The van der Waals surface area contributed by atoms with Crippen molar-refractivity contribution >= 4 is 45.1 Å². The van der Waals surface area contributed by atoms with Crippen LogP contribution < -0.4 is 14.4 Å². The van der Waals surface area contributed by atoms with Crippen LogP contribution in [0.15, 0.2) is 65.6 Å². The topological polar surface area (TPSA) is 119 Å². The Balaban J connectivity index is 1.87. The van der Waals surface area contributed by atoms with Crippen molar-refractivity contribution in [2.24, 2.45) is 0 Å². The van der Waals surface area contributed by atoms with Gasteiger partial charge in [-0.1, -0.05) is 11.6 Å². The molecule has 1 atom stereocenters. The lowest BCUT2D eigenvalue weighted by Crippen LogP contribution is -2.42. The van der Waals surface area contributed by atoms with E-state index in [0.29, 0.717) is 17.9 Å². The highest BCUT2D eigenvalue weighted by Crippen LogP contribution is 2.51. The van der Waals surface area contributed by atoms with Crippen LogP contribution in [0.5, 0.6) is 5.75 Å². The second kappa shape index (κ2) is 10.8. The molecule has 3 aromatic rings. The molecule has 4 rings (SSSR count). The van der Waals surface area contributed by atoms with Gasteiger partial charge in [0.25, 0.3) is 21.8 Å². The first-order valence-corrected chi connectivity index (χ1v) is 14.6. The van der Waals surface area contributed by atoms with Crippen LogP contribution in [0.2, 0.25) is 5.02 Å². The molecule has 9 nitrogen and oxygen atoms in total. The number of hydrogen-bond acceptors (Lipinski definition) is 7. The number of fused-ring (bicyclic) bond motifs is 1. The molecule has 0 aliphatic carbocycles. The van der Waals surface area contributed by atoms with Gasteiger partial charge < -0.3 is 14.8 Å². The molecule has 216 valence electrons. The van der Waals surface area contributed by atoms with Gasteiger partial charge in [0, 0.05) is 21.7 Å². The van der Waals surface area contributed by atoms with Crippen molar-refractivity contribution in [1.29, 1.82) is 0 Å². The van der Waals surface area contributed by atoms with E-state index in [1.807, 2.05) is 20.8 Å². The number of nitrogens with zero attached hydrogens (tertiary/aromatic N) is 1. The molecule has 41 heavy (non-hydrogen) atoms. The Labute approximate surface area is 244 Å². The Hall–Kier alpha value is -3.89. The molecular weight excluding hydrogens is 568 g/mol. The molecule has 1 aliphatic rings. The minimum atomic E-state index is -4.45. The predicted octanol–water partition coefficient (Wildman–Crippen LogP) is 5.10. The number of amides is 2. The Morgan fingerprint density at radius 3 is 2.20 bits per heavy atom. The Bertz CT molecular complexity index is 1650. The maximum Gasteiger partial charge on any atom is 0.337 e. The molecule has 0 radical (unpaired) electrons. The molecule has 0 aromatic heterocycles. The highest BCUT2D eigenvalue weighted by molar-refractivity contribution is 7.93. The molecule has 0 spiro atoms. The third-order valence-electron chi connectivity index (χ3n) is 6.72. The quantitative estimate of drug-likeness (QED) is 0.376. The summed E-state index contributed by atoms with van der Waals surface area (Å²) >= 11 is 6.58. The summed E-state index contributed by atoms with van der Waals surface area (Å²) in [5.74, 6) is -1.36. The van der Waals surface area contributed by atoms with Crippen LogP contribution in [-0.4, -0.2) is 45.5 Å². The zero-order valence-corrected chi connectivity index (χ0v) is 25.1. The summed E-state index contributed by atoms with van der Waals surface area (Å²) in [7, 11) is -3.22. The number of anilines is 1. The van der Waals surface area contributed by atoms with Crippen molar-refractivity contribution in [3.8, 4) is 5.75 Å². The van der Waals surface area contributed by atoms with Crippen LogP contribution in [0.1, 0.15) is 66.5 Å². The van der Waals surface area contributed by atoms with Gasteiger partial charge in [0.05, 0.1) is 29.9 Å². The molecule has 0 bridgehead atoms. The van der Waals surface area contributed by atoms with Crippen molar-refractivity contribution in [2.45, 2.75) is 50.5 Å². The summed E-state index contributed by atoms with van der Waals surface area (Å²) in [6.07, 6.45) is 0. The highest BCUT2D eigenvalue weighted by Gasteiger charge is 2.54. The van der Waals surface area contributed by atoms with Gasteiger partial charge >= 0.3 is 5.97 Å². The molecule has 1 heterocycles. The van der Waals surface area contributed by atoms with Crippen LogP contribution in [0.25, 0.3) is 0 Å². The summed E-state index contributed by atoms with van der Waals surface area (Å²) in [5, 5.41) is 2.99. The lowest BCUT2D eigenvalue weighted by Gasteiger charge is -2.26. The fourth-order valence-electron chi connectivity index (χ4n) is 4.73. The van der Waals surface area contributed by atoms with E-state index >= 15 is 0 Å². The number of ether oxygens (including phenoxy) is 2. The molecule has 11 heteroatoms. The average Bonchev–Trinajstić information content (AvgIpc) is 3.15. The summed E-state index contributed by atoms with van der Waals surface area (Å²) in [6.45, 7) is 9.21. The number of esters is 1. The van der Waals surface area contributed by atoms with Crippen molar-refractivity contribution in [3.63, 3.8) is 0 Å². The smallest absolute Gasteiger partial charge is 0.337 e. The van der Waals surface area contributed by atoms with Gasteiger partial charge in [-0.25, -0.2) is 17.5 Å². The maximum absolute atomic E-state index is 14.3. The van der Waals surface area contributed by atoms with Crippen molar-refractivity contribution in [3.05, 3.63) is 87.9 Å². The second-order valence-electron chi connectivity index (χ2n) is 10.7. The molecule has 0 fully saturated rings. The SMILES string of the molecule is CCOc1ccc2c(c1)C(C)(c1cc(C(=O)OC)ccc1Cl)C(=O)N2S(=O)(=O)c1ccc(C(=O)NC(C)(C)C)cc1. The molecule has 2 amide bonds. The lowest BCUT2D eigenvalue weighted by atomic mass is 9.76. The fraction of sp³-hybridized carbons (Fsp3) is 0.300. The van der Waals surface area contributed by atoms with E-state index in [9.17, 15) is 22.8 Å². The minimum Gasteiger partial charge on any atom is -0.494 e. The van der Waals surface area contributed by atoms with E-state index in [1.165, 1.54) is 55.6 Å². The number of sulfonamides is 1. The van der Waals surface area contributed by atoms with Gasteiger partial charge in [0.1, 0.15) is 11.2 Å². The van der Waals surface area contributed by atoms with Gasteiger partial charge in [-0.15, -0.1) is 0 Å². The van der Waals surface area contributed by atoms with Crippen molar-refractivity contribution in [1.82, 2.24) is 5.32 Å². The number of halogens is 1. The third-order valence-corrected chi connectivity index (χ3v) is 8.76. The number of benzene rings is 3. The fourth-order valence-corrected chi connectivity index (χ4v) is 6.54. The van der Waals surface area contributed by atoms with E-state index in [4.69, 9.17) is 21.1 Å². The third kappa shape index (κ3) is 5.41. The predicted molar refractivity (Wildman–Crippen MR) is 155 cm³/mol. The summed E-state index contributed by atoms with van der Waals surface area (Å²) in [4.78, 5) is 39.0. The summed E-state index contributed by atoms with van der Waals surface area (Å²) in [5.41, 5.74) is -0.988. The van der Waals surface area contributed by atoms with E-state index in [2.05, 4.69) is 5.32 Å². The first-order chi connectivity index (χ1) is 19.1. The molecule has 1 aliphatic heterocycles. The number of hydrogen-bond donors (Lipinski definition) is 1. The second-order valence-corrected chi connectivity index (χ2v) is 12.9. The van der Waals surface area contributed by atoms with Gasteiger partial charge in [0.15, 0.2) is 0 Å². The number of methoxy groups -OCH3 is 1. The van der Waals surface area contributed by atoms with Gasteiger partial charge in [-0.05, 0) is 101 Å². The van der Waals surface area contributed by atoms with E-state index in [0.717, 1.165) is 4.31 Å². The average molecular weight is 599 g/mol. The van der Waals surface area contributed by atoms with Crippen molar-refractivity contribution in [2.75, 3.05) is 18.0 Å². The zero-order valence-electron chi connectivity index (χ0n) is 23.6. The molecular formula is C30H31ClN2O7S. The van der Waals surface area contributed by atoms with E-state index in [1.54, 1.807) is 26.0 Å². The molecule has 0 saturated carbocycles. The molecule has 0 saturated heterocycles. The number of nitrogens with one attached hydrogen (secondary N) is 1. The molecule has 3 aromatic carbocycles. The van der Waals surface area contributed by atoms with Crippen molar-refractivity contribution < 1.29 is 32.3 Å².